The van der Waals surface area contributed by atoms with Crippen LogP contribution >= 0.6 is 15.9 Å². The first-order valence-corrected chi connectivity index (χ1v) is 5.57. The Morgan fingerprint density at radius 1 is 1.62 bits per heavy atom. The number of nitrogens with zero attached hydrogens (tertiary/aromatic N) is 1. The average Bonchev–Trinajstić information content (AvgIpc) is 2.18. The van der Waals surface area contributed by atoms with Crippen LogP contribution in [-0.4, -0.2) is 22.7 Å². The zero-order valence-electron chi connectivity index (χ0n) is 9.03. The minimum atomic E-state index is -0.470. The Bertz CT molecular complexity index is 407. The molecule has 6 heteroatoms. The zero-order valence-corrected chi connectivity index (χ0v) is 10.6. The maximum atomic E-state index is 10.7. The number of hydrogen-bond donors (Lipinski definition) is 2. The van der Waals surface area contributed by atoms with Gasteiger partial charge in [0.25, 0.3) is 5.69 Å². The topological polar surface area (TPSA) is 75.4 Å². The predicted molar refractivity (Wildman–Crippen MR) is 65.7 cm³/mol. The number of rotatable bonds is 4. The highest BCUT2D eigenvalue weighted by Gasteiger charge is 2.14. The van der Waals surface area contributed by atoms with Crippen molar-refractivity contribution in [2.45, 2.75) is 20.0 Å². The van der Waals surface area contributed by atoms with Gasteiger partial charge in [-0.25, -0.2) is 0 Å². The normalized spacial score (nSPS) is 12.2. The van der Waals surface area contributed by atoms with Crippen molar-refractivity contribution in [1.29, 1.82) is 0 Å². The summed E-state index contributed by atoms with van der Waals surface area (Å²) in [5.74, 6) is 0. The first-order chi connectivity index (χ1) is 7.41. The van der Waals surface area contributed by atoms with Crippen LogP contribution in [0, 0.1) is 17.0 Å². The molecule has 16 heavy (non-hydrogen) atoms. The number of nitro groups is 1. The molecule has 0 unspecified atom stereocenters. The molecular weight excluding hydrogens is 276 g/mol. The standard InChI is InChI=1S/C10H13BrN2O3/c1-6-3-9(12-5-7(2)14)8(11)4-10(6)13(15)16/h3-4,7,12,14H,5H2,1-2H3/t7-/m0/s1. The van der Waals surface area contributed by atoms with Crippen LogP contribution in [0.4, 0.5) is 11.4 Å². The van der Waals surface area contributed by atoms with Crippen molar-refractivity contribution in [2.75, 3.05) is 11.9 Å². The summed E-state index contributed by atoms with van der Waals surface area (Å²) in [5, 5.41) is 22.8. The summed E-state index contributed by atoms with van der Waals surface area (Å²) in [4.78, 5) is 10.3. The molecule has 0 fully saturated rings. The van der Waals surface area contributed by atoms with Gasteiger partial charge in [-0.3, -0.25) is 10.1 Å². The molecule has 2 N–H and O–H groups in total. The summed E-state index contributed by atoms with van der Waals surface area (Å²) in [5.41, 5.74) is 1.40. The van der Waals surface area contributed by atoms with Gasteiger partial charge >= 0.3 is 0 Å². The number of aryl methyl sites for hydroxylation is 1. The highest BCUT2D eigenvalue weighted by molar-refractivity contribution is 9.10. The van der Waals surface area contributed by atoms with Gasteiger partial charge in [-0.1, -0.05) is 0 Å². The minimum Gasteiger partial charge on any atom is -0.392 e. The van der Waals surface area contributed by atoms with E-state index in [0.717, 1.165) is 5.69 Å². The molecule has 0 aliphatic heterocycles. The SMILES string of the molecule is Cc1cc(NC[C@H](C)O)c(Br)cc1[N+](=O)[O-]. The van der Waals surface area contributed by atoms with Gasteiger partial charge in [0.05, 0.1) is 11.0 Å². The molecule has 0 aliphatic carbocycles. The quantitative estimate of drug-likeness (QED) is 0.659. The first-order valence-electron chi connectivity index (χ1n) is 4.78. The van der Waals surface area contributed by atoms with Crippen molar-refractivity contribution < 1.29 is 10.0 Å². The van der Waals surface area contributed by atoms with Gasteiger partial charge in [-0.2, -0.15) is 0 Å². The number of aliphatic hydroxyl groups excluding tert-OH is 1. The van der Waals surface area contributed by atoms with Crippen molar-refractivity contribution in [2.24, 2.45) is 0 Å². The summed E-state index contributed by atoms with van der Waals surface area (Å²) < 4.78 is 0.616. The third-order valence-electron chi connectivity index (χ3n) is 2.07. The smallest absolute Gasteiger partial charge is 0.273 e. The van der Waals surface area contributed by atoms with Gasteiger partial charge in [-0.05, 0) is 35.8 Å². The highest BCUT2D eigenvalue weighted by Crippen LogP contribution is 2.30. The fourth-order valence-electron chi connectivity index (χ4n) is 1.26. The predicted octanol–water partition coefficient (Wildman–Crippen LogP) is 2.46. The van der Waals surface area contributed by atoms with Crippen molar-refractivity contribution in [3.63, 3.8) is 0 Å². The largest absolute Gasteiger partial charge is 0.392 e. The van der Waals surface area contributed by atoms with Crippen LogP contribution in [0.5, 0.6) is 0 Å². The Labute approximate surface area is 102 Å². The van der Waals surface area contributed by atoms with E-state index in [-0.39, 0.29) is 5.69 Å². The number of aliphatic hydroxyl groups is 1. The lowest BCUT2D eigenvalue weighted by Crippen LogP contribution is -2.15. The lowest BCUT2D eigenvalue weighted by atomic mass is 10.2. The Morgan fingerprint density at radius 2 is 2.25 bits per heavy atom. The molecule has 1 atom stereocenters. The van der Waals surface area contributed by atoms with Gasteiger partial charge in [0, 0.05) is 28.3 Å². The molecule has 0 saturated heterocycles. The van der Waals surface area contributed by atoms with E-state index in [1.54, 1.807) is 19.9 Å². The lowest BCUT2D eigenvalue weighted by Gasteiger charge is -2.11. The summed E-state index contributed by atoms with van der Waals surface area (Å²) in [6, 6.07) is 3.14. The molecule has 5 nitrogen and oxygen atoms in total. The van der Waals surface area contributed by atoms with Gasteiger partial charge < -0.3 is 10.4 Å². The third kappa shape index (κ3) is 3.18. The molecule has 0 saturated carbocycles. The molecule has 0 bridgehead atoms. The molecule has 0 heterocycles. The van der Waals surface area contributed by atoms with Gasteiger partial charge in [0.15, 0.2) is 0 Å². The maximum absolute atomic E-state index is 10.7. The van der Waals surface area contributed by atoms with Crippen molar-refractivity contribution in [3.05, 3.63) is 32.3 Å². The van der Waals surface area contributed by atoms with E-state index in [9.17, 15) is 10.1 Å². The number of benzene rings is 1. The van der Waals surface area contributed by atoms with Crippen LogP contribution in [0.2, 0.25) is 0 Å². The van der Waals surface area contributed by atoms with Crippen LogP contribution in [0.3, 0.4) is 0 Å². The molecule has 88 valence electrons. The van der Waals surface area contributed by atoms with Crippen LogP contribution in [0.25, 0.3) is 0 Å². The number of nitrogens with one attached hydrogen (secondary N) is 1. The highest BCUT2D eigenvalue weighted by atomic mass is 79.9. The van der Waals surface area contributed by atoms with Gasteiger partial charge in [-0.15, -0.1) is 0 Å². The Balaban J connectivity index is 2.96. The number of nitro benzene ring substituents is 1. The summed E-state index contributed by atoms with van der Waals surface area (Å²) >= 11 is 3.25. The molecule has 0 spiro atoms. The van der Waals surface area contributed by atoms with E-state index in [2.05, 4.69) is 21.2 Å². The fraction of sp³-hybridized carbons (Fsp3) is 0.400. The third-order valence-corrected chi connectivity index (χ3v) is 2.73. The van der Waals surface area contributed by atoms with Gasteiger partial charge in [0.1, 0.15) is 0 Å². The molecule has 1 aromatic carbocycles. The number of anilines is 1. The minimum absolute atomic E-state index is 0.0782. The second-order valence-electron chi connectivity index (χ2n) is 3.61. The van der Waals surface area contributed by atoms with Crippen LogP contribution < -0.4 is 5.32 Å². The molecule has 0 aromatic heterocycles. The second kappa shape index (κ2) is 5.27. The monoisotopic (exact) mass is 288 g/mol. The van der Waals surface area contributed by atoms with Crippen molar-refractivity contribution in [3.8, 4) is 0 Å². The molecule has 1 rings (SSSR count). The maximum Gasteiger partial charge on any atom is 0.273 e. The summed E-state index contributed by atoms with van der Waals surface area (Å²) in [6.45, 7) is 3.74. The number of hydrogen-bond acceptors (Lipinski definition) is 4. The van der Waals surface area contributed by atoms with Crippen LogP contribution in [0.1, 0.15) is 12.5 Å². The molecule has 0 radical (unpaired) electrons. The van der Waals surface area contributed by atoms with E-state index < -0.39 is 11.0 Å². The van der Waals surface area contributed by atoms with Crippen molar-refractivity contribution in [1.82, 2.24) is 0 Å². The molecule has 0 amide bonds. The van der Waals surface area contributed by atoms with E-state index in [4.69, 9.17) is 5.11 Å². The van der Waals surface area contributed by atoms with Crippen LogP contribution in [-0.2, 0) is 0 Å². The Kier molecular flexibility index (Phi) is 4.26. The first kappa shape index (κ1) is 12.9. The molecule has 0 aliphatic rings. The van der Waals surface area contributed by atoms with E-state index in [0.29, 0.717) is 16.6 Å². The molecular formula is C10H13BrN2O3. The second-order valence-corrected chi connectivity index (χ2v) is 4.46. The Morgan fingerprint density at radius 3 is 2.75 bits per heavy atom. The van der Waals surface area contributed by atoms with E-state index in [1.165, 1.54) is 6.07 Å². The van der Waals surface area contributed by atoms with E-state index >= 15 is 0 Å². The number of halogens is 1. The molecule has 1 aromatic rings. The summed E-state index contributed by atoms with van der Waals surface area (Å²) in [7, 11) is 0. The van der Waals surface area contributed by atoms with Crippen molar-refractivity contribution >= 4 is 27.3 Å². The zero-order chi connectivity index (χ0) is 12.3. The lowest BCUT2D eigenvalue weighted by molar-refractivity contribution is -0.385. The van der Waals surface area contributed by atoms with Gasteiger partial charge in [0.2, 0.25) is 0 Å². The average molecular weight is 289 g/mol. The van der Waals surface area contributed by atoms with Crippen LogP contribution in [0.15, 0.2) is 16.6 Å². The fourth-order valence-corrected chi connectivity index (χ4v) is 1.73. The Hall–Kier alpha value is -1.14. The summed E-state index contributed by atoms with van der Waals surface area (Å²) in [6.07, 6.45) is -0.470. The van der Waals surface area contributed by atoms with E-state index in [1.807, 2.05) is 0 Å².